The van der Waals surface area contributed by atoms with E-state index in [1.54, 1.807) is 24.3 Å². The van der Waals surface area contributed by atoms with Crippen LogP contribution >= 0.6 is 11.6 Å². The van der Waals surface area contributed by atoms with Gasteiger partial charge in [0.15, 0.2) is 5.69 Å². The quantitative estimate of drug-likeness (QED) is 0.285. The lowest BCUT2D eigenvalue weighted by atomic mass is 10.0. The molecule has 0 saturated heterocycles. The Kier molecular flexibility index (Phi) is 6.81. The first-order chi connectivity index (χ1) is 17.0. The molecule has 2 aromatic carbocycles. The Morgan fingerprint density at radius 2 is 1.61 bits per heavy atom. The van der Waals surface area contributed by atoms with Gasteiger partial charge in [0.25, 0.3) is 5.95 Å². The fraction of sp³-hybridized carbons (Fsp3) is 0.174. The van der Waals surface area contributed by atoms with Crippen LogP contribution in [0.3, 0.4) is 0 Å². The Bertz CT molecular complexity index is 1350. The molecule has 188 valence electrons. The number of ether oxygens (including phenoxy) is 1. The maximum Gasteiger partial charge on any atom is 0.435 e. The molecule has 2 heterocycles. The first-order valence-electron chi connectivity index (χ1n) is 10.2. The summed E-state index contributed by atoms with van der Waals surface area (Å²) in [4.78, 5) is 7.90. The average Bonchev–Trinajstić information content (AvgIpc) is 3.23. The van der Waals surface area contributed by atoms with Crippen LogP contribution in [0.4, 0.5) is 32.2 Å². The fourth-order valence-electron chi connectivity index (χ4n) is 3.43. The number of hydrogen-bond acceptors (Lipinski definition) is 5. The third-order valence-corrected chi connectivity index (χ3v) is 5.25. The van der Waals surface area contributed by atoms with Gasteiger partial charge >= 0.3 is 12.4 Å². The highest BCUT2D eigenvalue weighted by molar-refractivity contribution is 6.31. The number of benzene rings is 2. The number of alkyl halides is 6. The summed E-state index contributed by atoms with van der Waals surface area (Å²) in [5.74, 6) is 0.0874. The zero-order chi connectivity index (χ0) is 26.1. The lowest BCUT2D eigenvalue weighted by Gasteiger charge is -2.14. The third kappa shape index (κ3) is 5.38. The molecule has 0 bridgehead atoms. The molecule has 6 nitrogen and oxygen atoms in total. The Morgan fingerprint density at radius 1 is 0.944 bits per heavy atom. The van der Waals surface area contributed by atoms with Crippen LogP contribution in [-0.4, -0.2) is 26.9 Å². The highest BCUT2D eigenvalue weighted by atomic mass is 35.5. The van der Waals surface area contributed by atoms with Crippen molar-refractivity contribution in [1.82, 2.24) is 19.7 Å². The van der Waals surface area contributed by atoms with Gasteiger partial charge in [-0.05, 0) is 47.5 Å². The molecule has 4 aromatic rings. The standard InChI is InChI=1S/C23H16ClF6N5O/c1-36-17-5-3-13(4-6-17)12-33-20-18(14-9-15(22(25,26)27)11-16(24)10-14)19(23(28,29)30)34-35(20)21-31-7-2-8-32-21/h2-11,33H,12H2,1H3. The molecule has 0 aliphatic carbocycles. The number of halogens is 7. The minimum atomic E-state index is -5.02. The van der Waals surface area contributed by atoms with E-state index >= 15 is 0 Å². The van der Waals surface area contributed by atoms with Crippen LogP contribution in [-0.2, 0) is 18.9 Å². The predicted molar refractivity (Wildman–Crippen MR) is 120 cm³/mol. The van der Waals surface area contributed by atoms with Crippen LogP contribution in [0.15, 0.2) is 60.9 Å². The second kappa shape index (κ2) is 9.69. The molecule has 4 rings (SSSR count). The van der Waals surface area contributed by atoms with Gasteiger partial charge in [0.1, 0.15) is 11.6 Å². The number of rotatable bonds is 6. The number of nitrogens with one attached hydrogen (secondary N) is 1. The molecular weight excluding hydrogens is 512 g/mol. The molecule has 1 N–H and O–H groups in total. The minimum absolute atomic E-state index is 0.000484. The number of methoxy groups -OCH3 is 1. The second-order valence-corrected chi connectivity index (χ2v) is 7.89. The van der Waals surface area contributed by atoms with Crippen LogP contribution < -0.4 is 10.1 Å². The van der Waals surface area contributed by atoms with Crippen LogP contribution in [0.2, 0.25) is 5.02 Å². The third-order valence-electron chi connectivity index (χ3n) is 5.03. The first-order valence-corrected chi connectivity index (χ1v) is 10.6. The summed E-state index contributed by atoms with van der Waals surface area (Å²) in [7, 11) is 1.48. The highest BCUT2D eigenvalue weighted by Gasteiger charge is 2.41. The van der Waals surface area contributed by atoms with Gasteiger partial charge in [0.2, 0.25) is 0 Å². The minimum Gasteiger partial charge on any atom is -0.497 e. The van der Waals surface area contributed by atoms with Crippen molar-refractivity contribution in [1.29, 1.82) is 0 Å². The van der Waals surface area contributed by atoms with Gasteiger partial charge in [0, 0.05) is 24.0 Å². The summed E-state index contributed by atoms with van der Waals surface area (Å²) >= 11 is 5.88. The molecule has 13 heteroatoms. The molecule has 0 amide bonds. The van der Waals surface area contributed by atoms with Gasteiger partial charge in [0.05, 0.1) is 18.2 Å². The summed E-state index contributed by atoms with van der Waals surface area (Å²) < 4.78 is 88.6. The molecule has 0 spiro atoms. The van der Waals surface area contributed by atoms with Gasteiger partial charge in [-0.3, -0.25) is 0 Å². The lowest BCUT2D eigenvalue weighted by Crippen LogP contribution is -2.10. The zero-order valence-electron chi connectivity index (χ0n) is 18.3. The van der Waals surface area contributed by atoms with E-state index in [4.69, 9.17) is 16.3 Å². The maximum absolute atomic E-state index is 14.1. The van der Waals surface area contributed by atoms with E-state index < -0.39 is 39.8 Å². The smallest absolute Gasteiger partial charge is 0.435 e. The van der Waals surface area contributed by atoms with Gasteiger partial charge in [-0.15, -0.1) is 0 Å². The molecule has 0 fully saturated rings. The molecule has 36 heavy (non-hydrogen) atoms. The van der Waals surface area contributed by atoms with E-state index in [-0.39, 0.29) is 18.3 Å². The molecule has 0 radical (unpaired) electrons. The number of aromatic nitrogens is 4. The normalized spacial score (nSPS) is 12.0. The molecular formula is C23H16ClF6N5O. The van der Waals surface area contributed by atoms with Crippen molar-refractivity contribution in [2.45, 2.75) is 18.9 Å². The van der Waals surface area contributed by atoms with Crippen molar-refractivity contribution in [3.05, 3.63) is 82.8 Å². The Hall–Kier alpha value is -3.80. The van der Waals surface area contributed by atoms with Crippen molar-refractivity contribution >= 4 is 17.4 Å². The summed E-state index contributed by atoms with van der Waals surface area (Å²) in [5.41, 5.74) is -3.04. The molecule has 0 aliphatic heterocycles. The van der Waals surface area contributed by atoms with Crippen molar-refractivity contribution < 1.29 is 31.1 Å². The molecule has 0 atom stereocenters. The molecule has 0 aliphatic rings. The van der Waals surface area contributed by atoms with E-state index in [2.05, 4.69) is 20.4 Å². The summed E-state index contributed by atoms with van der Waals surface area (Å²) in [6.45, 7) is -0.000484. The van der Waals surface area contributed by atoms with Crippen molar-refractivity contribution in [3.63, 3.8) is 0 Å². The van der Waals surface area contributed by atoms with E-state index in [1.807, 2.05) is 0 Å². The van der Waals surface area contributed by atoms with Gasteiger partial charge in [-0.2, -0.15) is 36.1 Å². The van der Waals surface area contributed by atoms with Crippen LogP contribution in [0.1, 0.15) is 16.8 Å². The molecule has 2 aromatic heterocycles. The second-order valence-electron chi connectivity index (χ2n) is 7.46. The average molecular weight is 528 g/mol. The van der Waals surface area contributed by atoms with E-state index in [1.165, 1.54) is 25.6 Å². The zero-order valence-corrected chi connectivity index (χ0v) is 19.1. The van der Waals surface area contributed by atoms with Crippen molar-refractivity contribution in [2.24, 2.45) is 0 Å². The monoisotopic (exact) mass is 527 g/mol. The SMILES string of the molecule is COc1ccc(CNc2c(-c3cc(Cl)cc(C(F)(F)F)c3)c(C(F)(F)F)nn2-c2ncccn2)cc1. The van der Waals surface area contributed by atoms with E-state index in [9.17, 15) is 26.3 Å². The van der Waals surface area contributed by atoms with Gasteiger partial charge < -0.3 is 10.1 Å². The predicted octanol–water partition coefficient (Wildman–Crippen LogP) is 6.64. The Morgan fingerprint density at radius 3 is 2.19 bits per heavy atom. The number of anilines is 1. The molecule has 0 saturated carbocycles. The van der Waals surface area contributed by atoms with Crippen molar-refractivity contribution in [2.75, 3.05) is 12.4 Å². The topological polar surface area (TPSA) is 64.9 Å². The summed E-state index contributed by atoms with van der Waals surface area (Å²) in [5, 5.41) is 6.12. The Labute approximate surface area is 205 Å². The Balaban J connectivity index is 1.93. The first kappa shape index (κ1) is 25.3. The fourth-order valence-corrected chi connectivity index (χ4v) is 3.66. The molecule has 0 unspecified atom stereocenters. The van der Waals surface area contributed by atoms with Crippen LogP contribution in [0.5, 0.6) is 5.75 Å². The van der Waals surface area contributed by atoms with E-state index in [0.29, 0.717) is 23.4 Å². The highest BCUT2D eigenvalue weighted by Crippen LogP contribution is 2.44. The number of nitrogens with zero attached hydrogens (tertiary/aromatic N) is 4. The van der Waals surface area contributed by atoms with Crippen LogP contribution in [0.25, 0.3) is 17.1 Å². The largest absolute Gasteiger partial charge is 0.497 e. The van der Waals surface area contributed by atoms with E-state index in [0.717, 1.165) is 10.7 Å². The van der Waals surface area contributed by atoms with Crippen molar-refractivity contribution in [3.8, 4) is 22.8 Å². The lowest BCUT2D eigenvalue weighted by molar-refractivity contribution is -0.140. The maximum atomic E-state index is 14.1. The number of hydrogen-bond donors (Lipinski definition) is 1. The summed E-state index contributed by atoms with van der Waals surface area (Å²) in [6.07, 6.45) is -7.27. The summed E-state index contributed by atoms with van der Waals surface area (Å²) in [6, 6.07) is 10.4. The van der Waals surface area contributed by atoms with Gasteiger partial charge in [-0.1, -0.05) is 23.7 Å². The van der Waals surface area contributed by atoms with Crippen LogP contribution in [0, 0.1) is 0 Å². The van der Waals surface area contributed by atoms with Gasteiger partial charge in [-0.25, -0.2) is 9.97 Å².